The monoisotopic (exact) mass is 250 g/mol. The molecule has 0 aliphatic rings. The van der Waals surface area contributed by atoms with E-state index >= 15 is 0 Å². The molecule has 0 spiro atoms. The van der Waals surface area contributed by atoms with Crippen LogP contribution >= 0.6 is 0 Å². The Labute approximate surface area is 106 Å². The van der Waals surface area contributed by atoms with Crippen LogP contribution in [0.1, 0.15) is 38.5 Å². The highest BCUT2D eigenvalue weighted by molar-refractivity contribution is 5.78. The minimum Gasteiger partial charge on any atom is -0.456 e. The van der Waals surface area contributed by atoms with E-state index < -0.39 is 0 Å². The first-order valence-electron chi connectivity index (χ1n) is 6.31. The van der Waals surface area contributed by atoms with E-state index in [0.717, 1.165) is 18.2 Å². The first kappa shape index (κ1) is 13.1. The fourth-order valence-electron chi connectivity index (χ4n) is 2.35. The number of hydrazine groups is 1. The maximum absolute atomic E-state index is 13.6. The van der Waals surface area contributed by atoms with Crippen molar-refractivity contribution >= 4 is 11.0 Å². The molecule has 2 atom stereocenters. The maximum atomic E-state index is 13.6. The van der Waals surface area contributed by atoms with Crippen LogP contribution in [0, 0.1) is 11.7 Å². The maximum Gasteiger partial charge on any atom is 0.169 e. The number of nitrogens with one attached hydrogen (secondary N) is 1. The summed E-state index contributed by atoms with van der Waals surface area (Å²) in [5.74, 6) is 6.29. The summed E-state index contributed by atoms with van der Waals surface area (Å²) in [5, 5.41) is 0.772. The topological polar surface area (TPSA) is 51.2 Å². The number of benzene rings is 1. The van der Waals surface area contributed by atoms with Gasteiger partial charge in [0.1, 0.15) is 5.76 Å². The van der Waals surface area contributed by atoms with Crippen molar-refractivity contribution in [2.24, 2.45) is 11.8 Å². The van der Waals surface area contributed by atoms with Crippen LogP contribution in [0.5, 0.6) is 0 Å². The molecule has 0 aliphatic carbocycles. The summed E-state index contributed by atoms with van der Waals surface area (Å²) in [6.45, 7) is 4.24. The second-order valence-corrected chi connectivity index (χ2v) is 4.72. The standard InChI is InChI=1S/C14H19FN2O/c1-3-5-9(2)13(17-16)12-8-10-6-4-7-11(15)14(10)18-12/h4,6-9,13,17H,3,5,16H2,1-2H3. The summed E-state index contributed by atoms with van der Waals surface area (Å²) in [4.78, 5) is 0. The smallest absolute Gasteiger partial charge is 0.169 e. The predicted octanol–water partition coefficient (Wildman–Crippen LogP) is 3.51. The van der Waals surface area contributed by atoms with Gasteiger partial charge >= 0.3 is 0 Å². The molecular formula is C14H19FN2O. The molecule has 18 heavy (non-hydrogen) atoms. The second kappa shape index (κ2) is 5.50. The van der Waals surface area contributed by atoms with Gasteiger partial charge in [-0.05, 0) is 24.5 Å². The molecule has 0 bridgehead atoms. The van der Waals surface area contributed by atoms with Gasteiger partial charge in [-0.1, -0.05) is 32.4 Å². The average Bonchev–Trinajstić information content (AvgIpc) is 2.75. The fraction of sp³-hybridized carbons (Fsp3) is 0.429. The normalized spacial score (nSPS) is 14.9. The summed E-state index contributed by atoms with van der Waals surface area (Å²) in [6.07, 6.45) is 2.11. The molecule has 2 rings (SSSR count). The van der Waals surface area contributed by atoms with Crippen LogP contribution < -0.4 is 11.3 Å². The van der Waals surface area contributed by atoms with Crippen LogP contribution in [0.2, 0.25) is 0 Å². The van der Waals surface area contributed by atoms with Gasteiger partial charge in [0.25, 0.3) is 0 Å². The highest BCUT2D eigenvalue weighted by atomic mass is 19.1. The number of furan rings is 1. The molecular weight excluding hydrogens is 231 g/mol. The average molecular weight is 250 g/mol. The Morgan fingerprint density at radius 2 is 2.22 bits per heavy atom. The Morgan fingerprint density at radius 3 is 2.83 bits per heavy atom. The van der Waals surface area contributed by atoms with Crippen molar-refractivity contribution in [2.75, 3.05) is 0 Å². The molecule has 2 unspecified atom stereocenters. The van der Waals surface area contributed by atoms with Crippen molar-refractivity contribution in [3.63, 3.8) is 0 Å². The van der Waals surface area contributed by atoms with Gasteiger partial charge in [-0.3, -0.25) is 5.84 Å². The Kier molecular flexibility index (Phi) is 3.99. The van der Waals surface area contributed by atoms with E-state index in [4.69, 9.17) is 10.3 Å². The minimum absolute atomic E-state index is 0.0863. The number of hydrogen-bond acceptors (Lipinski definition) is 3. The van der Waals surface area contributed by atoms with Gasteiger partial charge in [0.15, 0.2) is 11.4 Å². The second-order valence-electron chi connectivity index (χ2n) is 4.72. The molecule has 0 fully saturated rings. The summed E-state index contributed by atoms with van der Waals surface area (Å²) in [5.41, 5.74) is 3.07. The van der Waals surface area contributed by atoms with Gasteiger partial charge < -0.3 is 4.42 Å². The quantitative estimate of drug-likeness (QED) is 0.630. The lowest BCUT2D eigenvalue weighted by Gasteiger charge is -2.20. The van der Waals surface area contributed by atoms with E-state index in [0.29, 0.717) is 17.3 Å². The van der Waals surface area contributed by atoms with E-state index in [1.54, 1.807) is 6.07 Å². The molecule has 0 saturated heterocycles. The van der Waals surface area contributed by atoms with Gasteiger partial charge in [0.05, 0.1) is 6.04 Å². The summed E-state index contributed by atoms with van der Waals surface area (Å²) < 4.78 is 19.2. The van der Waals surface area contributed by atoms with E-state index in [1.165, 1.54) is 6.07 Å². The molecule has 3 N–H and O–H groups in total. The van der Waals surface area contributed by atoms with Crippen LogP contribution in [-0.2, 0) is 0 Å². The molecule has 1 heterocycles. The molecule has 0 amide bonds. The lowest BCUT2D eigenvalue weighted by molar-refractivity contribution is 0.319. The third-order valence-electron chi connectivity index (χ3n) is 3.31. The van der Waals surface area contributed by atoms with Crippen molar-refractivity contribution in [3.05, 3.63) is 35.8 Å². The molecule has 2 aromatic rings. The highest BCUT2D eigenvalue weighted by Crippen LogP contribution is 2.30. The number of rotatable bonds is 5. The van der Waals surface area contributed by atoms with E-state index in [2.05, 4.69) is 19.3 Å². The first-order valence-corrected chi connectivity index (χ1v) is 6.31. The van der Waals surface area contributed by atoms with E-state index in [-0.39, 0.29) is 11.9 Å². The fourth-order valence-corrected chi connectivity index (χ4v) is 2.35. The zero-order valence-electron chi connectivity index (χ0n) is 10.7. The SMILES string of the molecule is CCCC(C)C(NN)c1cc2cccc(F)c2o1. The Hall–Kier alpha value is -1.39. The van der Waals surface area contributed by atoms with Crippen LogP contribution in [0.15, 0.2) is 28.7 Å². The van der Waals surface area contributed by atoms with Gasteiger partial charge in [0.2, 0.25) is 0 Å². The van der Waals surface area contributed by atoms with Crippen molar-refractivity contribution in [1.29, 1.82) is 0 Å². The predicted molar refractivity (Wildman–Crippen MR) is 70.3 cm³/mol. The third-order valence-corrected chi connectivity index (χ3v) is 3.31. The van der Waals surface area contributed by atoms with E-state index in [1.807, 2.05) is 12.1 Å². The third kappa shape index (κ3) is 2.40. The minimum atomic E-state index is -0.335. The van der Waals surface area contributed by atoms with Crippen LogP contribution in [0.25, 0.3) is 11.0 Å². The molecule has 3 nitrogen and oxygen atoms in total. The first-order chi connectivity index (χ1) is 8.67. The molecule has 0 aliphatic heterocycles. The van der Waals surface area contributed by atoms with Crippen LogP contribution in [0.4, 0.5) is 4.39 Å². The number of fused-ring (bicyclic) bond motifs is 1. The van der Waals surface area contributed by atoms with Crippen LogP contribution in [-0.4, -0.2) is 0 Å². The molecule has 1 aromatic carbocycles. The van der Waals surface area contributed by atoms with Crippen molar-refractivity contribution in [1.82, 2.24) is 5.43 Å². The molecule has 0 radical (unpaired) electrons. The van der Waals surface area contributed by atoms with Crippen LogP contribution in [0.3, 0.4) is 0 Å². The number of nitrogens with two attached hydrogens (primary N) is 1. The van der Waals surface area contributed by atoms with Crippen molar-refractivity contribution < 1.29 is 8.81 Å². The van der Waals surface area contributed by atoms with Gasteiger partial charge in [0, 0.05) is 5.39 Å². The molecule has 98 valence electrons. The van der Waals surface area contributed by atoms with Gasteiger partial charge in [-0.25, -0.2) is 9.82 Å². The van der Waals surface area contributed by atoms with Gasteiger partial charge in [-0.15, -0.1) is 0 Å². The molecule has 0 saturated carbocycles. The zero-order valence-corrected chi connectivity index (χ0v) is 10.7. The number of halogens is 1. The number of hydrogen-bond donors (Lipinski definition) is 2. The van der Waals surface area contributed by atoms with Crippen molar-refractivity contribution in [2.45, 2.75) is 32.7 Å². The Balaban J connectivity index is 2.37. The zero-order chi connectivity index (χ0) is 13.1. The molecule has 1 aromatic heterocycles. The Bertz CT molecular complexity index is 523. The Morgan fingerprint density at radius 1 is 1.44 bits per heavy atom. The number of para-hydroxylation sites is 1. The largest absolute Gasteiger partial charge is 0.456 e. The van der Waals surface area contributed by atoms with Gasteiger partial charge in [-0.2, -0.15) is 0 Å². The van der Waals surface area contributed by atoms with E-state index in [9.17, 15) is 4.39 Å². The molecule has 4 heteroatoms. The summed E-state index contributed by atoms with van der Waals surface area (Å²) in [6, 6.07) is 6.68. The lowest BCUT2D eigenvalue weighted by Crippen LogP contribution is -2.32. The lowest BCUT2D eigenvalue weighted by atomic mass is 9.95. The summed E-state index contributed by atoms with van der Waals surface area (Å²) >= 11 is 0. The van der Waals surface area contributed by atoms with Crippen molar-refractivity contribution in [3.8, 4) is 0 Å². The highest BCUT2D eigenvalue weighted by Gasteiger charge is 2.21. The summed E-state index contributed by atoms with van der Waals surface area (Å²) in [7, 11) is 0.